The lowest BCUT2D eigenvalue weighted by atomic mass is 9.74. The Balaban J connectivity index is 2.16. The fourth-order valence-electron chi connectivity index (χ4n) is 2.98. The number of hydrogen-bond donors (Lipinski definition) is 1. The molecule has 3 heteroatoms. The number of carbonyl (C=O) groups is 1. The smallest absolute Gasteiger partial charge is 0.309 e. The van der Waals surface area contributed by atoms with E-state index in [1.807, 2.05) is 18.2 Å². The zero-order chi connectivity index (χ0) is 12.3. The highest BCUT2D eigenvalue weighted by atomic mass is 16.5. The molecule has 17 heavy (non-hydrogen) atoms. The quantitative estimate of drug-likeness (QED) is 0.765. The van der Waals surface area contributed by atoms with Gasteiger partial charge < -0.3 is 9.84 Å². The van der Waals surface area contributed by atoms with Crippen molar-refractivity contribution in [1.82, 2.24) is 0 Å². The molecule has 2 aliphatic carbocycles. The molecule has 0 spiro atoms. The molecule has 0 radical (unpaired) electrons. The van der Waals surface area contributed by atoms with Gasteiger partial charge in [-0.15, -0.1) is 0 Å². The maximum atomic E-state index is 11.4. The van der Waals surface area contributed by atoms with Crippen LogP contribution in [0.2, 0.25) is 0 Å². The number of esters is 1. The first-order valence-corrected chi connectivity index (χ1v) is 6.32. The molecule has 0 aliphatic heterocycles. The predicted molar refractivity (Wildman–Crippen MR) is 65.4 cm³/mol. The van der Waals surface area contributed by atoms with E-state index in [-0.39, 0.29) is 12.4 Å². The van der Waals surface area contributed by atoms with Gasteiger partial charge in [0.2, 0.25) is 0 Å². The van der Waals surface area contributed by atoms with Crippen molar-refractivity contribution in [3.63, 3.8) is 0 Å². The third kappa shape index (κ3) is 2.44. The van der Waals surface area contributed by atoms with Gasteiger partial charge in [0.05, 0.1) is 19.1 Å². The Morgan fingerprint density at radius 2 is 2.24 bits per heavy atom. The molecule has 1 N–H and O–H groups in total. The minimum absolute atomic E-state index is 0.202. The van der Waals surface area contributed by atoms with Gasteiger partial charge in [-0.1, -0.05) is 31.1 Å². The molecule has 2 aliphatic rings. The Bertz CT molecular complexity index is 350. The number of hydrogen-bond acceptors (Lipinski definition) is 3. The molecule has 0 amide bonds. The molecule has 0 aromatic heterocycles. The molecule has 1 unspecified atom stereocenters. The zero-order valence-electron chi connectivity index (χ0n) is 10.3. The van der Waals surface area contributed by atoms with E-state index >= 15 is 0 Å². The summed E-state index contributed by atoms with van der Waals surface area (Å²) in [6, 6.07) is 0. The molecule has 0 aromatic carbocycles. The number of carbonyl (C=O) groups excluding carboxylic acids is 1. The highest BCUT2D eigenvalue weighted by Crippen LogP contribution is 2.43. The number of rotatable bonds is 3. The van der Waals surface area contributed by atoms with Crippen LogP contribution in [0.15, 0.2) is 23.8 Å². The molecule has 0 heterocycles. The second-order valence-corrected chi connectivity index (χ2v) is 4.98. The summed E-state index contributed by atoms with van der Waals surface area (Å²) in [5.74, 6) is 0.0197. The lowest BCUT2D eigenvalue weighted by Crippen LogP contribution is -2.40. The molecule has 1 atom stereocenters. The number of methoxy groups -OCH3 is 1. The topological polar surface area (TPSA) is 46.5 Å². The van der Waals surface area contributed by atoms with E-state index in [9.17, 15) is 9.90 Å². The van der Waals surface area contributed by atoms with Crippen LogP contribution in [0.25, 0.3) is 0 Å². The molecular weight excluding hydrogens is 216 g/mol. The number of allylic oxidation sites excluding steroid dienone is 2. The van der Waals surface area contributed by atoms with Crippen molar-refractivity contribution in [3.05, 3.63) is 23.8 Å². The van der Waals surface area contributed by atoms with Crippen molar-refractivity contribution >= 4 is 5.97 Å². The first-order chi connectivity index (χ1) is 8.16. The van der Waals surface area contributed by atoms with Gasteiger partial charge in [0.1, 0.15) is 0 Å². The Labute approximate surface area is 102 Å². The molecule has 1 saturated carbocycles. The lowest BCUT2D eigenvalue weighted by Gasteiger charge is -2.37. The summed E-state index contributed by atoms with van der Waals surface area (Å²) in [5.41, 5.74) is -0.00171. The van der Waals surface area contributed by atoms with Crippen LogP contribution in [0.3, 0.4) is 0 Å². The first kappa shape index (κ1) is 12.4. The van der Waals surface area contributed by atoms with Crippen LogP contribution in [0.4, 0.5) is 0 Å². The maximum Gasteiger partial charge on any atom is 0.309 e. The molecular formula is C14H20O3. The largest absolute Gasteiger partial charge is 0.469 e. The van der Waals surface area contributed by atoms with E-state index in [2.05, 4.69) is 0 Å². The van der Waals surface area contributed by atoms with E-state index in [4.69, 9.17) is 4.74 Å². The third-order valence-corrected chi connectivity index (χ3v) is 4.01. The van der Waals surface area contributed by atoms with Crippen molar-refractivity contribution in [2.24, 2.45) is 5.92 Å². The first-order valence-electron chi connectivity index (χ1n) is 6.32. The van der Waals surface area contributed by atoms with Crippen molar-refractivity contribution in [2.75, 3.05) is 7.11 Å². The summed E-state index contributed by atoms with van der Waals surface area (Å²) in [5, 5.41) is 10.8. The van der Waals surface area contributed by atoms with Gasteiger partial charge in [0, 0.05) is 0 Å². The van der Waals surface area contributed by atoms with Crippen LogP contribution in [0.5, 0.6) is 0 Å². The third-order valence-electron chi connectivity index (χ3n) is 4.01. The molecule has 3 nitrogen and oxygen atoms in total. The van der Waals surface area contributed by atoms with Crippen LogP contribution in [0.1, 0.15) is 38.5 Å². The second-order valence-electron chi connectivity index (χ2n) is 4.98. The van der Waals surface area contributed by atoms with Gasteiger partial charge in [0.15, 0.2) is 0 Å². The number of aliphatic hydroxyl groups is 1. The zero-order valence-corrected chi connectivity index (χ0v) is 10.3. The molecule has 94 valence electrons. The molecule has 0 bridgehead atoms. The fraction of sp³-hybridized carbons (Fsp3) is 0.643. The molecule has 0 saturated heterocycles. The van der Waals surface area contributed by atoms with Gasteiger partial charge in [-0.2, -0.15) is 0 Å². The van der Waals surface area contributed by atoms with E-state index < -0.39 is 5.60 Å². The molecule has 0 aromatic rings. The summed E-state index contributed by atoms with van der Waals surface area (Å²) in [4.78, 5) is 11.4. The van der Waals surface area contributed by atoms with Gasteiger partial charge in [0.25, 0.3) is 0 Å². The van der Waals surface area contributed by atoms with Crippen LogP contribution in [0, 0.1) is 5.92 Å². The SMILES string of the molecule is COC(=O)CC1=CC=CCC1(O)C1CCCC1. The summed E-state index contributed by atoms with van der Waals surface area (Å²) in [6.07, 6.45) is 11.1. The van der Waals surface area contributed by atoms with Crippen LogP contribution < -0.4 is 0 Å². The Kier molecular flexibility index (Phi) is 3.67. The summed E-state index contributed by atoms with van der Waals surface area (Å²) < 4.78 is 4.69. The molecule has 1 fully saturated rings. The van der Waals surface area contributed by atoms with Crippen molar-refractivity contribution in [2.45, 2.75) is 44.1 Å². The van der Waals surface area contributed by atoms with Crippen LogP contribution >= 0.6 is 0 Å². The van der Waals surface area contributed by atoms with Crippen molar-refractivity contribution < 1.29 is 14.6 Å². The van der Waals surface area contributed by atoms with Crippen LogP contribution in [-0.4, -0.2) is 23.8 Å². The maximum absolute atomic E-state index is 11.4. The van der Waals surface area contributed by atoms with Gasteiger partial charge in [-0.3, -0.25) is 4.79 Å². The monoisotopic (exact) mass is 236 g/mol. The summed E-state index contributed by atoms with van der Waals surface area (Å²) >= 11 is 0. The Morgan fingerprint density at radius 1 is 1.53 bits per heavy atom. The minimum Gasteiger partial charge on any atom is -0.469 e. The number of ether oxygens (including phenoxy) is 1. The summed E-state index contributed by atoms with van der Waals surface area (Å²) in [7, 11) is 1.39. The minimum atomic E-state index is -0.820. The van der Waals surface area contributed by atoms with E-state index in [0.29, 0.717) is 12.3 Å². The van der Waals surface area contributed by atoms with E-state index in [0.717, 1.165) is 18.4 Å². The lowest BCUT2D eigenvalue weighted by molar-refractivity contribution is -0.140. The Hall–Kier alpha value is -1.09. The highest BCUT2D eigenvalue weighted by molar-refractivity contribution is 5.73. The van der Waals surface area contributed by atoms with Gasteiger partial charge >= 0.3 is 5.97 Å². The standard InChI is InChI=1S/C14H20O3/c1-17-13(15)10-12-8-4-5-9-14(12,16)11-6-2-3-7-11/h4-5,8,11,16H,2-3,6-7,9-10H2,1H3. The van der Waals surface area contributed by atoms with E-state index in [1.165, 1.54) is 20.0 Å². The van der Waals surface area contributed by atoms with Crippen LogP contribution in [-0.2, 0) is 9.53 Å². The summed E-state index contributed by atoms with van der Waals surface area (Å²) in [6.45, 7) is 0. The van der Waals surface area contributed by atoms with Crippen molar-refractivity contribution in [3.8, 4) is 0 Å². The normalized spacial score (nSPS) is 29.2. The average molecular weight is 236 g/mol. The predicted octanol–water partition coefficient (Wildman–Crippen LogP) is 2.36. The fourth-order valence-corrected chi connectivity index (χ4v) is 2.98. The van der Waals surface area contributed by atoms with Crippen molar-refractivity contribution in [1.29, 1.82) is 0 Å². The van der Waals surface area contributed by atoms with Gasteiger partial charge in [-0.05, 0) is 30.8 Å². The second kappa shape index (κ2) is 5.05. The van der Waals surface area contributed by atoms with E-state index in [1.54, 1.807) is 0 Å². The highest BCUT2D eigenvalue weighted by Gasteiger charge is 2.41. The molecule has 2 rings (SSSR count). The van der Waals surface area contributed by atoms with Gasteiger partial charge in [-0.25, -0.2) is 0 Å². The Morgan fingerprint density at radius 3 is 2.88 bits per heavy atom. The average Bonchev–Trinajstić information content (AvgIpc) is 2.86.